The van der Waals surface area contributed by atoms with Crippen LogP contribution in [-0.2, 0) is 14.3 Å². The van der Waals surface area contributed by atoms with Gasteiger partial charge >= 0.3 is 0 Å². The largest absolute Gasteiger partial charge is 0.495 e. The fraction of sp³-hybridized carbons (Fsp3) is 0.533. The van der Waals surface area contributed by atoms with Gasteiger partial charge in [0.25, 0.3) is 5.91 Å². The van der Waals surface area contributed by atoms with Crippen molar-refractivity contribution in [1.29, 1.82) is 0 Å². The van der Waals surface area contributed by atoms with Crippen LogP contribution in [0.15, 0.2) is 24.3 Å². The number of benzene rings is 1. The van der Waals surface area contributed by atoms with Crippen LogP contribution in [0.3, 0.4) is 0 Å². The zero-order chi connectivity index (χ0) is 15.1. The second kappa shape index (κ2) is 7.40. The molecule has 1 aliphatic heterocycles. The minimum absolute atomic E-state index is 0.0569. The van der Waals surface area contributed by atoms with Crippen LogP contribution >= 0.6 is 0 Å². The quantitative estimate of drug-likeness (QED) is 0.822. The zero-order valence-electron chi connectivity index (χ0n) is 12.3. The Morgan fingerprint density at radius 3 is 2.95 bits per heavy atom. The average Bonchev–Trinajstić information content (AvgIpc) is 2.54. The zero-order valence-corrected chi connectivity index (χ0v) is 12.3. The Kier molecular flexibility index (Phi) is 5.55. The van der Waals surface area contributed by atoms with Gasteiger partial charge in [0.2, 0.25) is 0 Å². The van der Waals surface area contributed by atoms with Gasteiger partial charge < -0.3 is 25.3 Å². The van der Waals surface area contributed by atoms with Crippen molar-refractivity contribution in [2.75, 3.05) is 38.8 Å². The van der Waals surface area contributed by atoms with E-state index in [9.17, 15) is 4.79 Å². The molecule has 1 fully saturated rings. The normalized spacial score (nSPS) is 21.8. The van der Waals surface area contributed by atoms with E-state index in [1.54, 1.807) is 19.2 Å². The Hall–Kier alpha value is -1.63. The number of amides is 1. The molecule has 6 nitrogen and oxygen atoms in total. The SMILES string of the molecule is COc1ccccc1NC(=O)COC1(CN)CCCOC1. The third kappa shape index (κ3) is 4.17. The van der Waals surface area contributed by atoms with Crippen LogP contribution in [0.1, 0.15) is 12.8 Å². The van der Waals surface area contributed by atoms with Crippen molar-refractivity contribution in [3.05, 3.63) is 24.3 Å². The third-order valence-electron chi connectivity index (χ3n) is 3.55. The number of carbonyl (C=O) groups excluding carboxylic acids is 1. The van der Waals surface area contributed by atoms with E-state index >= 15 is 0 Å². The predicted octanol–water partition coefficient (Wildman–Crippen LogP) is 1.16. The lowest BCUT2D eigenvalue weighted by Gasteiger charge is -2.35. The highest BCUT2D eigenvalue weighted by molar-refractivity contribution is 5.93. The van der Waals surface area contributed by atoms with E-state index in [1.807, 2.05) is 12.1 Å². The summed E-state index contributed by atoms with van der Waals surface area (Å²) in [6.45, 7) is 1.44. The van der Waals surface area contributed by atoms with Crippen LogP contribution in [0.2, 0.25) is 0 Å². The number of anilines is 1. The molecule has 1 aromatic carbocycles. The summed E-state index contributed by atoms with van der Waals surface area (Å²) in [5, 5.41) is 2.77. The van der Waals surface area contributed by atoms with E-state index in [0.29, 0.717) is 24.6 Å². The summed E-state index contributed by atoms with van der Waals surface area (Å²) in [6, 6.07) is 7.23. The van der Waals surface area contributed by atoms with Crippen LogP contribution < -0.4 is 15.8 Å². The molecule has 0 radical (unpaired) electrons. The number of methoxy groups -OCH3 is 1. The molecular weight excluding hydrogens is 272 g/mol. The summed E-state index contributed by atoms with van der Waals surface area (Å²) in [7, 11) is 1.56. The molecule has 21 heavy (non-hydrogen) atoms. The lowest BCUT2D eigenvalue weighted by molar-refractivity contribution is -0.143. The molecule has 1 amide bonds. The monoisotopic (exact) mass is 294 g/mol. The number of nitrogens with two attached hydrogens (primary N) is 1. The molecule has 0 saturated carbocycles. The number of hydrogen-bond donors (Lipinski definition) is 2. The summed E-state index contributed by atoms with van der Waals surface area (Å²) in [5.41, 5.74) is 5.84. The Morgan fingerprint density at radius 1 is 1.48 bits per heavy atom. The van der Waals surface area contributed by atoms with Gasteiger partial charge in [-0.05, 0) is 25.0 Å². The second-order valence-corrected chi connectivity index (χ2v) is 5.08. The first-order chi connectivity index (χ1) is 10.2. The van der Waals surface area contributed by atoms with Crippen LogP contribution in [-0.4, -0.2) is 45.0 Å². The lowest BCUT2D eigenvalue weighted by Crippen LogP contribution is -2.49. The molecule has 116 valence electrons. The number of hydrogen-bond acceptors (Lipinski definition) is 5. The van der Waals surface area contributed by atoms with Crippen molar-refractivity contribution in [3.8, 4) is 5.75 Å². The number of carbonyl (C=O) groups is 1. The van der Waals surface area contributed by atoms with Crippen LogP contribution in [0.25, 0.3) is 0 Å². The van der Waals surface area contributed by atoms with Gasteiger partial charge in [-0.25, -0.2) is 0 Å². The molecule has 1 aromatic rings. The molecule has 6 heteroatoms. The van der Waals surface area contributed by atoms with Gasteiger partial charge in [0.1, 0.15) is 18.0 Å². The highest BCUT2D eigenvalue weighted by Crippen LogP contribution is 2.24. The second-order valence-electron chi connectivity index (χ2n) is 5.08. The van der Waals surface area contributed by atoms with Crippen LogP contribution in [0.4, 0.5) is 5.69 Å². The van der Waals surface area contributed by atoms with E-state index in [0.717, 1.165) is 19.4 Å². The fourth-order valence-electron chi connectivity index (χ4n) is 2.31. The summed E-state index contributed by atoms with van der Waals surface area (Å²) < 4.78 is 16.3. The van der Waals surface area contributed by atoms with Gasteiger partial charge in [-0.1, -0.05) is 12.1 Å². The molecule has 3 N–H and O–H groups in total. The molecular formula is C15H22N2O4. The number of ether oxygens (including phenoxy) is 3. The molecule has 1 saturated heterocycles. The van der Waals surface area contributed by atoms with Gasteiger partial charge in [-0.15, -0.1) is 0 Å². The fourth-order valence-corrected chi connectivity index (χ4v) is 2.31. The Labute approximate surface area is 124 Å². The summed E-state index contributed by atoms with van der Waals surface area (Å²) in [4.78, 5) is 12.0. The van der Waals surface area contributed by atoms with E-state index < -0.39 is 5.60 Å². The van der Waals surface area contributed by atoms with Gasteiger partial charge in [-0.2, -0.15) is 0 Å². The molecule has 0 bridgehead atoms. The Balaban J connectivity index is 1.89. The standard InChI is InChI=1S/C15H22N2O4/c1-19-13-6-3-2-5-12(13)17-14(18)9-21-15(10-16)7-4-8-20-11-15/h2-3,5-6H,4,7-11,16H2,1H3,(H,17,18). The molecule has 0 aliphatic carbocycles. The number of rotatable bonds is 6. The smallest absolute Gasteiger partial charge is 0.250 e. The molecule has 1 unspecified atom stereocenters. The Bertz CT molecular complexity index is 472. The van der Waals surface area contributed by atoms with Gasteiger partial charge in [0, 0.05) is 13.2 Å². The van der Waals surface area contributed by atoms with Gasteiger partial charge in [0.05, 0.1) is 19.4 Å². The van der Waals surface area contributed by atoms with Crippen molar-refractivity contribution < 1.29 is 19.0 Å². The van der Waals surface area contributed by atoms with Crippen LogP contribution in [0.5, 0.6) is 5.75 Å². The first-order valence-electron chi connectivity index (χ1n) is 7.04. The summed E-state index contributed by atoms with van der Waals surface area (Å²) in [5.74, 6) is 0.373. The highest BCUT2D eigenvalue weighted by atomic mass is 16.5. The third-order valence-corrected chi connectivity index (χ3v) is 3.55. The molecule has 0 aromatic heterocycles. The first kappa shape index (κ1) is 15.8. The summed E-state index contributed by atoms with van der Waals surface area (Å²) >= 11 is 0. The summed E-state index contributed by atoms with van der Waals surface area (Å²) in [6.07, 6.45) is 1.71. The van der Waals surface area contributed by atoms with E-state index in [-0.39, 0.29) is 12.5 Å². The maximum absolute atomic E-state index is 12.0. The molecule has 1 heterocycles. The molecule has 1 atom stereocenters. The average molecular weight is 294 g/mol. The number of para-hydroxylation sites is 2. The van der Waals surface area contributed by atoms with Gasteiger partial charge in [0.15, 0.2) is 0 Å². The van der Waals surface area contributed by atoms with Gasteiger partial charge in [-0.3, -0.25) is 4.79 Å². The van der Waals surface area contributed by atoms with E-state index in [1.165, 1.54) is 0 Å². The maximum atomic E-state index is 12.0. The van der Waals surface area contributed by atoms with Crippen molar-refractivity contribution in [1.82, 2.24) is 0 Å². The maximum Gasteiger partial charge on any atom is 0.250 e. The van der Waals surface area contributed by atoms with Crippen LogP contribution in [0, 0.1) is 0 Å². The minimum atomic E-state index is -0.545. The van der Waals surface area contributed by atoms with E-state index in [2.05, 4.69) is 5.32 Å². The molecule has 2 rings (SSSR count). The van der Waals surface area contributed by atoms with Crippen molar-refractivity contribution in [3.63, 3.8) is 0 Å². The predicted molar refractivity (Wildman–Crippen MR) is 79.4 cm³/mol. The van der Waals surface area contributed by atoms with Crippen molar-refractivity contribution in [2.24, 2.45) is 5.73 Å². The molecule has 0 spiro atoms. The van der Waals surface area contributed by atoms with Crippen molar-refractivity contribution >= 4 is 11.6 Å². The van der Waals surface area contributed by atoms with E-state index in [4.69, 9.17) is 19.9 Å². The topological polar surface area (TPSA) is 82.8 Å². The Morgan fingerprint density at radius 2 is 2.29 bits per heavy atom. The first-order valence-corrected chi connectivity index (χ1v) is 7.04. The number of nitrogens with one attached hydrogen (secondary N) is 1. The lowest BCUT2D eigenvalue weighted by atomic mass is 9.96. The van der Waals surface area contributed by atoms with Crippen molar-refractivity contribution in [2.45, 2.75) is 18.4 Å². The minimum Gasteiger partial charge on any atom is -0.495 e. The highest BCUT2D eigenvalue weighted by Gasteiger charge is 2.33. The molecule has 1 aliphatic rings.